The number of aryl methyl sites for hydroxylation is 2. The summed E-state index contributed by atoms with van der Waals surface area (Å²) in [4.78, 5) is 25.1. The zero-order valence-electron chi connectivity index (χ0n) is 16.8. The summed E-state index contributed by atoms with van der Waals surface area (Å²) in [6.07, 6.45) is -0.00525. The van der Waals surface area contributed by atoms with E-state index in [9.17, 15) is 9.59 Å². The average Bonchev–Trinajstić information content (AvgIpc) is 3.01. The molecule has 1 aromatic heterocycles. The number of rotatable bonds is 7. The number of esters is 1. The Morgan fingerprint density at radius 2 is 1.69 bits per heavy atom. The molecule has 0 N–H and O–H groups in total. The Morgan fingerprint density at radius 1 is 1.03 bits per heavy atom. The Balaban J connectivity index is 1.68. The van der Waals surface area contributed by atoms with Gasteiger partial charge in [-0.3, -0.25) is 9.59 Å². The van der Waals surface area contributed by atoms with E-state index in [0.717, 1.165) is 22.6 Å². The van der Waals surface area contributed by atoms with Gasteiger partial charge in [0.05, 0.1) is 0 Å². The molecule has 0 spiro atoms. The largest absolute Gasteiger partial charge is 0.454 e. The van der Waals surface area contributed by atoms with Gasteiger partial charge in [-0.05, 0) is 63.1 Å². The van der Waals surface area contributed by atoms with Crippen LogP contribution in [0.5, 0.6) is 0 Å². The first-order valence-corrected chi connectivity index (χ1v) is 9.97. The second-order valence-corrected chi connectivity index (χ2v) is 7.52. The molecule has 2 aromatic carbocycles. The molecule has 3 rings (SSSR count). The Kier molecular flexibility index (Phi) is 6.55. The van der Waals surface area contributed by atoms with Gasteiger partial charge >= 0.3 is 5.97 Å². The molecule has 1 heterocycles. The molecule has 0 saturated heterocycles. The van der Waals surface area contributed by atoms with Gasteiger partial charge in [-0.2, -0.15) is 0 Å². The van der Waals surface area contributed by atoms with E-state index in [1.807, 2.05) is 79.1 Å². The first kappa shape index (κ1) is 20.9. The van der Waals surface area contributed by atoms with E-state index in [2.05, 4.69) is 0 Å². The molecule has 0 saturated carbocycles. The molecule has 3 aromatic rings. The first-order chi connectivity index (χ1) is 13.9. The van der Waals surface area contributed by atoms with Crippen molar-refractivity contribution in [1.82, 2.24) is 4.57 Å². The van der Waals surface area contributed by atoms with Gasteiger partial charge in [-0.15, -0.1) is 0 Å². The van der Waals surface area contributed by atoms with Crippen LogP contribution in [0.3, 0.4) is 0 Å². The van der Waals surface area contributed by atoms with Crippen molar-refractivity contribution in [2.24, 2.45) is 0 Å². The maximum absolute atomic E-state index is 12.9. The lowest BCUT2D eigenvalue weighted by Crippen LogP contribution is -2.25. The summed E-state index contributed by atoms with van der Waals surface area (Å²) in [6.45, 7) is 5.45. The van der Waals surface area contributed by atoms with Crippen LogP contribution in [0.25, 0.3) is 5.69 Å². The Bertz CT molecular complexity index is 1010. The highest BCUT2D eigenvalue weighted by Crippen LogP contribution is 2.23. The number of carbonyl (C=O) groups excluding carboxylic acids is 2. The number of ether oxygens (including phenoxy) is 1. The predicted molar refractivity (Wildman–Crippen MR) is 115 cm³/mol. The molecule has 0 aliphatic heterocycles. The molecule has 29 heavy (non-hydrogen) atoms. The lowest BCUT2D eigenvalue weighted by atomic mass is 10.1. The number of hydrogen-bond acceptors (Lipinski definition) is 3. The summed E-state index contributed by atoms with van der Waals surface area (Å²) in [5, 5.41) is 0.656. The van der Waals surface area contributed by atoms with E-state index < -0.39 is 6.10 Å². The highest BCUT2D eigenvalue weighted by molar-refractivity contribution is 6.30. The Labute approximate surface area is 176 Å². The fourth-order valence-corrected chi connectivity index (χ4v) is 3.55. The summed E-state index contributed by atoms with van der Waals surface area (Å²) in [5.74, 6) is -0.576. The maximum Gasteiger partial charge on any atom is 0.306 e. The van der Waals surface area contributed by atoms with E-state index in [1.165, 1.54) is 0 Å². The zero-order valence-corrected chi connectivity index (χ0v) is 17.6. The third kappa shape index (κ3) is 4.96. The van der Waals surface area contributed by atoms with Crippen molar-refractivity contribution in [1.29, 1.82) is 0 Å². The Morgan fingerprint density at radius 3 is 2.34 bits per heavy atom. The van der Waals surface area contributed by atoms with Crippen molar-refractivity contribution >= 4 is 23.4 Å². The number of benzene rings is 2. The lowest BCUT2D eigenvalue weighted by molar-refractivity contribution is -0.146. The molecule has 5 heteroatoms. The van der Waals surface area contributed by atoms with Crippen molar-refractivity contribution in [2.45, 2.75) is 39.7 Å². The molecular weight excluding hydrogens is 386 g/mol. The van der Waals surface area contributed by atoms with Crippen molar-refractivity contribution in [2.75, 3.05) is 0 Å². The van der Waals surface area contributed by atoms with Gasteiger partial charge in [0.15, 0.2) is 6.10 Å². The fourth-order valence-electron chi connectivity index (χ4n) is 3.42. The minimum atomic E-state index is -0.836. The molecule has 0 radical (unpaired) electrons. The second-order valence-electron chi connectivity index (χ2n) is 7.08. The van der Waals surface area contributed by atoms with Gasteiger partial charge in [0.25, 0.3) is 0 Å². The van der Waals surface area contributed by atoms with Gasteiger partial charge < -0.3 is 9.30 Å². The number of carbonyl (C=O) groups is 2. The minimum absolute atomic E-state index is 0.202. The van der Waals surface area contributed by atoms with Gasteiger partial charge in [0, 0.05) is 34.1 Å². The molecule has 4 nitrogen and oxygen atoms in total. The lowest BCUT2D eigenvalue weighted by Gasteiger charge is -2.13. The van der Waals surface area contributed by atoms with E-state index >= 15 is 0 Å². The monoisotopic (exact) mass is 409 g/mol. The molecule has 0 aliphatic carbocycles. The van der Waals surface area contributed by atoms with Crippen LogP contribution in [0.2, 0.25) is 5.02 Å². The highest BCUT2D eigenvalue weighted by atomic mass is 35.5. The van der Waals surface area contributed by atoms with E-state index in [0.29, 0.717) is 17.0 Å². The van der Waals surface area contributed by atoms with Gasteiger partial charge in [0.1, 0.15) is 0 Å². The van der Waals surface area contributed by atoms with Crippen LogP contribution in [0, 0.1) is 13.8 Å². The molecule has 0 bridgehead atoms. The van der Waals surface area contributed by atoms with Crippen LogP contribution in [-0.4, -0.2) is 22.4 Å². The van der Waals surface area contributed by atoms with E-state index in [-0.39, 0.29) is 18.2 Å². The topological polar surface area (TPSA) is 48.3 Å². The van der Waals surface area contributed by atoms with Crippen molar-refractivity contribution in [3.05, 3.63) is 88.2 Å². The third-order valence-corrected chi connectivity index (χ3v) is 5.17. The standard InChI is InChI=1S/C24H24ClNO3/c1-16-15-22(17(2)26(16)21-12-10-20(25)11-13-21)24(28)18(3)29-23(27)14-9-19-7-5-4-6-8-19/h4-8,10-13,15,18H,9,14H2,1-3H3/t18-/m0/s1. The fraction of sp³-hybridized carbons (Fsp3) is 0.250. The molecule has 0 aliphatic rings. The predicted octanol–water partition coefficient (Wildman–Crippen LogP) is 5.49. The molecule has 0 fully saturated rings. The van der Waals surface area contributed by atoms with Crippen LogP contribution >= 0.6 is 11.6 Å². The summed E-state index contributed by atoms with van der Waals surface area (Å²) in [7, 11) is 0. The third-order valence-electron chi connectivity index (χ3n) is 4.92. The number of hydrogen-bond donors (Lipinski definition) is 0. The van der Waals surface area contributed by atoms with Crippen LogP contribution in [0.4, 0.5) is 0 Å². The second kappa shape index (κ2) is 9.10. The van der Waals surface area contributed by atoms with Gasteiger partial charge in [0.2, 0.25) is 5.78 Å². The first-order valence-electron chi connectivity index (χ1n) is 9.59. The summed E-state index contributed by atoms with van der Waals surface area (Å²) >= 11 is 5.98. The zero-order chi connectivity index (χ0) is 21.0. The molecule has 0 amide bonds. The summed E-state index contributed by atoms with van der Waals surface area (Å²) in [6, 6.07) is 19.0. The number of halogens is 1. The number of aromatic nitrogens is 1. The van der Waals surface area contributed by atoms with E-state index in [4.69, 9.17) is 16.3 Å². The van der Waals surface area contributed by atoms with Crippen molar-refractivity contribution < 1.29 is 14.3 Å². The molecule has 0 unspecified atom stereocenters. The number of nitrogens with zero attached hydrogens (tertiary/aromatic N) is 1. The molecular formula is C24H24ClNO3. The summed E-state index contributed by atoms with van der Waals surface area (Å²) < 4.78 is 7.39. The Hall–Kier alpha value is -2.85. The van der Waals surface area contributed by atoms with Crippen molar-refractivity contribution in [3.63, 3.8) is 0 Å². The van der Waals surface area contributed by atoms with Crippen LogP contribution < -0.4 is 0 Å². The normalized spacial score (nSPS) is 11.9. The average molecular weight is 410 g/mol. The van der Waals surface area contributed by atoms with Gasteiger partial charge in [-0.25, -0.2) is 0 Å². The van der Waals surface area contributed by atoms with Crippen LogP contribution in [-0.2, 0) is 16.0 Å². The van der Waals surface area contributed by atoms with Crippen LogP contribution in [0.1, 0.15) is 40.7 Å². The summed E-state index contributed by atoms with van der Waals surface area (Å²) in [5.41, 5.74) is 4.28. The SMILES string of the molecule is Cc1cc(C(=O)[C@H](C)OC(=O)CCc2ccccc2)c(C)n1-c1ccc(Cl)cc1. The van der Waals surface area contributed by atoms with E-state index in [1.54, 1.807) is 6.92 Å². The highest BCUT2D eigenvalue weighted by Gasteiger charge is 2.24. The minimum Gasteiger partial charge on any atom is -0.454 e. The van der Waals surface area contributed by atoms with Gasteiger partial charge in [-0.1, -0.05) is 41.9 Å². The smallest absolute Gasteiger partial charge is 0.306 e. The number of Topliss-reactive ketones (excluding diaryl/α,β-unsaturated/α-hetero) is 1. The molecule has 1 atom stereocenters. The van der Waals surface area contributed by atoms with Crippen LogP contribution in [0.15, 0.2) is 60.7 Å². The quantitative estimate of drug-likeness (QED) is 0.382. The molecule has 150 valence electrons. The van der Waals surface area contributed by atoms with Crippen molar-refractivity contribution in [3.8, 4) is 5.69 Å². The number of ketones is 1. The maximum atomic E-state index is 12.9.